The maximum absolute atomic E-state index is 12.0. The molecule has 1 amide bonds. The number of amides is 1. The van der Waals surface area contributed by atoms with E-state index in [0.29, 0.717) is 26.1 Å². The Bertz CT molecular complexity index is 495. The van der Waals surface area contributed by atoms with Crippen LogP contribution in [-0.4, -0.2) is 24.1 Å². The molecule has 0 unspecified atom stereocenters. The van der Waals surface area contributed by atoms with Gasteiger partial charge in [0.2, 0.25) is 0 Å². The number of hydrogen-bond donors (Lipinski definition) is 0. The van der Waals surface area contributed by atoms with E-state index < -0.39 is 0 Å². The summed E-state index contributed by atoms with van der Waals surface area (Å²) in [6, 6.07) is 12.0. The molecule has 1 aliphatic rings. The molecule has 0 aliphatic carbocycles. The van der Waals surface area contributed by atoms with E-state index in [1.807, 2.05) is 37.3 Å². The molecule has 1 aromatic carbocycles. The average molecular weight is 272 g/mol. The van der Waals surface area contributed by atoms with Gasteiger partial charge in [-0.05, 0) is 31.7 Å². The number of likely N-dealkylation sites (tertiary alicyclic amines) is 1. The predicted octanol–water partition coefficient (Wildman–Crippen LogP) is 3.34. The summed E-state index contributed by atoms with van der Waals surface area (Å²) in [6.45, 7) is 3.53. The molecule has 2 rings (SSSR count). The predicted molar refractivity (Wildman–Crippen MR) is 75.8 cm³/mol. The van der Waals surface area contributed by atoms with Crippen LogP contribution in [-0.2, 0) is 11.3 Å². The van der Waals surface area contributed by atoms with E-state index >= 15 is 0 Å². The summed E-state index contributed by atoms with van der Waals surface area (Å²) in [6.07, 6.45) is 2.12. The van der Waals surface area contributed by atoms with Gasteiger partial charge in [0, 0.05) is 13.1 Å². The lowest BCUT2D eigenvalue weighted by atomic mass is 9.85. The lowest BCUT2D eigenvalue weighted by molar-refractivity contribution is 0.0968. The molecule has 0 bridgehead atoms. The molecule has 0 aromatic heterocycles. The molecule has 1 fully saturated rings. The van der Waals surface area contributed by atoms with Gasteiger partial charge in [0.25, 0.3) is 0 Å². The van der Waals surface area contributed by atoms with Crippen LogP contribution in [0.5, 0.6) is 0 Å². The SMILES string of the molecule is C[C@]1(C#N)CCCN(C(=O)OCc2ccccc2)CC1. The lowest BCUT2D eigenvalue weighted by Crippen LogP contribution is -2.32. The molecule has 1 heterocycles. The van der Waals surface area contributed by atoms with Gasteiger partial charge in [-0.25, -0.2) is 4.79 Å². The minimum atomic E-state index is -0.311. The zero-order valence-corrected chi connectivity index (χ0v) is 11.8. The molecular formula is C16H20N2O2. The van der Waals surface area contributed by atoms with Crippen molar-refractivity contribution in [3.63, 3.8) is 0 Å². The van der Waals surface area contributed by atoms with Crippen LogP contribution >= 0.6 is 0 Å². The zero-order valence-electron chi connectivity index (χ0n) is 11.8. The maximum Gasteiger partial charge on any atom is 0.410 e. The highest BCUT2D eigenvalue weighted by Gasteiger charge is 2.29. The Morgan fingerprint density at radius 3 is 2.80 bits per heavy atom. The van der Waals surface area contributed by atoms with Crippen LogP contribution in [0.4, 0.5) is 4.79 Å². The minimum absolute atomic E-state index is 0.281. The van der Waals surface area contributed by atoms with Crippen molar-refractivity contribution in [3.8, 4) is 6.07 Å². The van der Waals surface area contributed by atoms with E-state index in [-0.39, 0.29) is 11.5 Å². The first-order chi connectivity index (χ1) is 9.63. The molecular weight excluding hydrogens is 252 g/mol. The fourth-order valence-corrected chi connectivity index (χ4v) is 2.38. The van der Waals surface area contributed by atoms with Gasteiger partial charge < -0.3 is 9.64 Å². The van der Waals surface area contributed by atoms with Crippen molar-refractivity contribution in [2.45, 2.75) is 32.8 Å². The van der Waals surface area contributed by atoms with Crippen LogP contribution < -0.4 is 0 Å². The topological polar surface area (TPSA) is 53.3 Å². The van der Waals surface area contributed by atoms with Gasteiger partial charge in [-0.15, -0.1) is 0 Å². The van der Waals surface area contributed by atoms with E-state index in [9.17, 15) is 4.79 Å². The van der Waals surface area contributed by atoms with Gasteiger partial charge in [-0.3, -0.25) is 0 Å². The summed E-state index contributed by atoms with van der Waals surface area (Å²) in [5.41, 5.74) is 0.673. The monoisotopic (exact) mass is 272 g/mol. The van der Waals surface area contributed by atoms with Crippen molar-refractivity contribution < 1.29 is 9.53 Å². The van der Waals surface area contributed by atoms with Crippen LogP contribution in [0.25, 0.3) is 0 Å². The van der Waals surface area contributed by atoms with Crippen molar-refractivity contribution >= 4 is 6.09 Å². The maximum atomic E-state index is 12.0. The van der Waals surface area contributed by atoms with Crippen molar-refractivity contribution in [1.29, 1.82) is 5.26 Å². The first kappa shape index (κ1) is 14.4. The highest BCUT2D eigenvalue weighted by atomic mass is 16.6. The normalized spacial score (nSPS) is 22.7. The molecule has 0 saturated carbocycles. The number of nitriles is 1. The second kappa shape index (κ2) is 6.42. The second-order valence-electron chi connectivity index (χ2n) is 5.55. The third-order valence-electron chi connectivity index (χ3n) is 3.82. The molecule has 1 atom stereocenters. The van der Waals surface area contributed by atoms with E-state index in [1.54, 1.807) is 4.90 Å². The van der Waals surface area contributed by atoms with Gasteiger partial charge in [0.15, 0.2) is 0 Å². The molecule has 106 valence electrons. The fourth-order valence-electron chi connectivity index (χ4n) is 2.38. The number of ether oxygens (including phenoxy) is 1. The third kappa shape index (κ3) is 3.74. The van der Waals surface area contributed by atoms with Gasteiger partial charge in [-0.2, -0.15) is 5.26 Å². The van der Waals surface area contributed by atoms with E-state index in [4.69, 9.17) is 10.00 Å². The largest absolute Gasteiger partial charge is 0.445 e. The number of rotatable bonds is 2. The molecule has 20 heavy (non-hydrogen) atoms. The van der Waals surface area contributed by atoms with E-state index in [2.05, 4.69) is 6.07 Å². The van der Waals surface area contributed by atoms with E-state index in [0.717, 1.165) is 18.4 Å². The Balaban J connectivity index is 1.86. The van der Waals surface area contributed by atoms with Crippen LogP contribution in [0.1, 0.15) is 31.7 Å². The smallest absolute Gasteiger partial charge is 0.410 e. The van der Waals surface area contributed by atoms with Gasteiger partial charge in [0.05, 0.1) is 11.5 Å². The Hall–Kier alpha value is -2.02. The summed E-state index contributed by atoms with van der Waals surface area (Å²) in [4.78, 5) is 13.8. The molecule has 4 heteroatoms. The van der Waals surface area contributed by atoms with Crippen molar-refractivity contribution in [1.82, 2.24) is 4.90 Å². The molecule has 0 N–H and O–H groups in total. The summed E-state index contributed by atoms with van der Waals surface area (Å²) in [5.74, 6) is 0. The first-order valence-corrected chi connectivity index (χ1v) is 7.00. The standard InChI is InChI=1S/C16H20N2O2/c1-16(13-17)8-5-10-18(11-9-16)15(19)20-12-14-6-3-2-4-7-14/h2-4,6-7H,5,8-12H2,1H3/t16-/m0/s1. The van der Waals surface area contributed by atoms with Crippen LogP contribution in [0, 0.1) is 16.7 Å². The molecule has 1 aliphatic heterocycles. The third-order valence-corrected chi connectivity index (χ3v) is 3.82. The van der Waals surface area contributed by atoms with E-state index in [1.165, 1.54) is 0 Å². The Morgan fingerprint density at radius 1 is 1.35 bits per heavy atom. The summed E-state index contributed by atoms with van der Waals surface area (Å²) >= 11 is 0. The number of nitrogens with zero attached hydrogens (tertiary/aromatic N) is 2. The van der Waals surface area contributed by atoms with Gasteiger partial charge in [0.1, 0.15) is 6.61 Å². The summed E-state index contributed by atoms with van der Waals surface area (Å²) in [5, 5.41) is 9.17. The fraction of sp³-hybridized carbons (Fsp3) is 0.500. The Kier molecular flexibility index (Phi) is 4.62. The van der Waals surface area contributed by atoms with Crippen LogP contribution in [0.15, 0.2) is 30.3 Å². The van der Waals surface area contributed by atoms with Gasteiger partial charge in [-0.1, -0.05) is 30.3 Å². The highest BCUT2D eigenvalue weighted by molar-refractivity contribution is 5.67. The Morgan fingerprint density at radius 2 is 2.10 bits per heavy atom. The molecule has 1 saturated heterocycles. The average Bonchev–Trinajstić information content (AvgIpc) is 2.69. The highest BCUT2D eigenvalue weighted by Crippen LogP contribution is 2.29. The molecule has 1 aromatic rings. The van der Waals surface area contributed by atoms with Crippen LogP contribution in [0.2, 0.25) is 0 Å². The summed E-state index contributed by atoms with van der Waals surface area (Å²) < 4.78 is 5.33. The van der Waals surface area contributed by atoms with Crippen LogP contribution in [0.3, 0.4) is 0 Å². The number of benzene rings is 1. The van der Waals surface area contributed by atoms with Crippen molar-refractivity contribution in [2.75, 3.05) is 13.1 Å². The van der Waals surface area contributed by atoms with Gasteiger partial charge >= 0.3 is 6.09 Å². The summed E-state index contributed by atoms with van der Waals surface area (Å²) in [7, 11) is 0. The molecule has 0 spiro atoms. The Labute approximate surface area is 120 Å². The zero-order chi connectivity index (χ0) is 14.4. The van der Waals surface area contributed by atoms with Crippen molar-refractivity contribution in [2.24, 2.45) is 5.41 Å². The lowest BCUT2D eigenvalue weighted by Gasteiger charge is -2.21. The number of hydrogen-bond acceptors (Lipinski definition) is 3. The second-order valence-corrected chi connectivity index (χ2v) is 5.55. The molecule has 0 radical (unpaired) electrons. The number of carbonyl (C=O) groups excluding carboxylic acids is 1. The minimum Gasteiger partial charge on any atom is -0.445 e. The number of carbonyl (C=O) groups is 1. The first-order valence-electron chi connectivity index (χ1n) is 7.00. The molecule has 4 nitrogen and oxygen atoms in total. The van der Waals surface area contributed by atoms with Crippen molar-refractivity contribution in [3.05, 3.63) is 35.9 Å². The quantitative estimate of drug-likeness (QED) is 0.829.